The first-order valence-corrected chi connectivity index (χ1v) is 17.3. The maximum absolute atomic E-state index is 5.06. The quantitative estimate of drug-likeness (QED) is 0.177. The smallest absolute Gasteiger partial charge is 0.124 e. The fourth-order valence-electron chi connectivity index (χ4n) is 8.03. The molecule has 0 saturated heterocycles. The molecular formula is C46H29NS. The van der Waals surface area contributed by atoms with Crippen molar-refractivity contribution in [3.63, 3.8) is 0 Å². The molecule has 1 aliphatic carbocycles. The zero-order valence-electron chi connectivity index (χ0n) is 26.1. The molecule has 8 aromatic carbocycles. The monoisotopic (exact) mass is 627 g/mol. The molecule has 0 atom stereocenters. The van der Waals surface area contributed by atoms with Crippen LogP contribution in [-0.2, 0) is 5.41 Å². The molecule has 10 rings (SSSR count). The van der Waals surface area contributed by atoms with Crippen molar-refractivity contribution in [2.45, 2.75) is 5.41 Å². The van der Waals surface area contributed by atoms with Crippen molar-refractivity contribution >= 4 is 43.1 Å². The van der Waals surface area contributed by atoms with E-state index in [4.69, 9.17) is 4.98 Å². The minimum absolute atomic E-state index is 0.388. The van der Waals surface area contributed by atoms with Crippen molar-refractivity contribution in [1.82, 2.24) is 4.98 Å². The third-order valence-electron chi connectivity index (χ3n) is 10.2. The molecule has 1 aromatic heterocycles. The molecule has 0 N–H and O–H groups in total. The minimum Gasteiger partial charge on any atom is -0.236 e. The summed E-state index contributed by atoms with van der Waals surface area (Å²) in [4.78, 5) is 5.06. The van der Waals surface area contributed by atoms with Crippen LogP contribution in [0.2, 0.25) is 0 Å². The molecule has 2 heteroatoms. The highest BCUT2D eigenvalue weighted by Crippen LogP contribution is 2.56. The van der Waals surface area contributed by atoms with E-state index in [2.05, 4.69) is 176 Å². The third-order valence-corrected chi connectivity index (χ3v) is 11.3. The number of benzene rings is 8. The molecule has 48 heavy (non-hydrogen) atoms. The van der Waals surface area contributed by atoms with Gasteiger partial charge in [0, 0.05) is 10.9 Å². The Kier molecular flexibility index (Phi) is 6.03. The Labute approximate surface area is 283 Å². The molecule has 1 nitrogen and oxygen atoms in total. The predicted octanol–water partition coefficient (Wildman–Crippen LogP) is 12.3. The second-order valence-corrected chi connectivity index (χ2v) is 13.7. The van der Waals surface area contributed by atoms with Crippen LogP contribution in [0.4, 0.5) is 0 Å². The first kappa shape index (κ1) is 27.3. The lowest BCUT2D eigenvalue weighted by Gasteiger charge is -2.33. The fraction of sp³-hybridized carbons (Fsp3) is 0.0217. The van der Waals surface area contributed by atoms with E-state index >= 15 is 0 Å². The minimum atomic E-state index is -0.388. The Morgan fingerprint density at radius 2 is 1.02 bits per heavy atom. The maximum atomic E-state index is 5.06. The summed E-state index contributed by atoms with van der Waals surface area (Å²) in [5, 5.41) is 6.10. The zero-order valence-corrected chi connectivity index (χ0v) is 26.9. The van der Waals surface area contributed by atoms with Crippen LogP contribution in [0.3, 0.4) is 0 Å². The van der Waals surface area contributed by atoms with Crippen molar-refractivity contribution in [3.05, 3.63) is 198 Å². The van der Waals surface area contributed by atoms with Crippen LogP contribution in [0, 0.1) is 0 Å². The molecule has 9 aromatic rings. The van der Waals surface area contributed by atoms with E-state index in [0.717, 1.165) is 16.1 Å². The summed E-state index contributed by atoms with van der Waals surface area (Å²) >= 11 is 1.79. The molecule has 0 saturated carbocycles. The van der Waals surface area contributed by atoms with Gasteiger partial charge in [-0.2, -0.15) is 0 Å². The van der Waals surface area contributed by atoms with E-state index < -0.39 is 0 Å². The second-order valence-electron chi connectivity index (χ2n) is 12.7. The highest BCUT2D eigenvalue weighted by molar-refractivity contribution is 7.22. The Hall–Kier alpha value is -5.83. The van der Waals surface area contributed by atoms with Crippen molar-refractivity contribution < 1.29 is 0 Å². The van der Waals surface area contributed by atoms with Crippen molar-refractivity contribution in [1.29, 1.82) is 0 Å². The van der Waals surface area contributed by atoms with Gasteiger partial charge in [-0.05, 0) is 78.9 Å². The van der Waals surface area contributed by atoms with Gasteiger partial charge in [0.1, 0.15) is 5.01 Å². The summed E-state index contributed by atoms with van der Waals surface area (Å²) in [5.74, 6) is 0. The molecule has 1 aliphatic rings. The second kappa shape index (κ2) is 10.6. The Morgan fingerprint density at radius 3 is 1.79 bits per heavy atom. The number of nitrogens with zero attached hydrogens (tertiary/aromatic N) is 1. The van der Waals surface area contributed by atoms with E-state index in [1.165, 1.54) is 70.8 Å². The number of rotatable bonds is 4. The summed E-state index contributed by atoms with van der Waals surface area (Å²) < 4.78 is 1.24. The number of fused-ring (bicyclic) bond motifs is 8. The first-order chi connectivity index (χ1) is 23.8. The molecule has 0 radical (unpaired) electrons. The average molecular weight is 628 g/mol. The summed E-state index contributed by atoms with van der Waals surface area (Å²) in [7, 11) is 0. The van der Waals surface area contributed by atoms with E-state index in [1.807, 2.05) is 0 Å². The predicted molar refractivity (Wildman–Crippen MR) is 203 cm³/mol. The SMILES string of the molecule is c1ccc(-c2nc3ccc4ccc5ccc(-c6ccc7c(c6)-c6ccccc6C7(c6ccccc6)c6ccccc6)cc5c4c3s2)cc1. The van der Waals surface area contributed by atoms with E-state index in [-0.39, 0.29) is 5.41 Å². The van der Waals surface area contributed by atoms with Gasteiger partial charge in [0.2, 0.25) is 0 Å². The van der Waals surface area contributed by atoms with Gasteiger partial charge in [-0.25, -0.2) is 4.98 Å². The largest absolute Gasteiger partial charge is 0.236 e. The molecule has 0 unspecified atom stereocenters. The number of hydrogen-bond donors (Lipinski definition) is 0. The van der Waals surface area contributed by atoms with Crippen LogP contribution in [0.15, 0.2) is 176 Å². The van der Waals surface area contributed by atoms with Gasteiger partial charge >= 0.3 is 0 Å². The first-order valence-electron chi connectivity index (χ1n) is 16.5. The van der Waals surface area contributed by atoms with Crippen LogP contribution >= 0.6 is 11.3 Å². The molecule has 0 bridgehead atoms. The molecule has 224 valence electrons. The number of hydrogen-bond acceptors (Lipinski definition) is 2. The normalized spacial score (nSPS) is 13.2. The van der Waals surface area contributed by atoms with Crippen molar-refractivity contribution in [2.75, 3.05) is 0 Å². The van der Waals surface area contributed by atoms with Gasteiger partial charge in [0.05, 0.1) is 15.6 Å². The van der Waals surface area contributed by atoms with Gasteiger partial charge in [-0.3, -0.25) is 0 Å². The Balaban J connectivity index is 1.19. The maximum Gasteiger partial charge on any atom is 0.124 e. The summed E-state index contributed by atoms with van der Waals surface area (Å²) in [6.45, 7) is 0. The molecular weight excluding hydrogens is 599 g/mol. The summed E-state index contributed by atoms with van der Waals surface area (Å²) in [6, 6.07) is 64.5. The van der Waals surface area contributed by atoms with Crippen LogP contribution in [0.5, 0.6) is 0 Å². The molecule has 0 fully saturated rings. The highest BCUT2D eigenvalue weighted by atomic mass is 32.1. The van der Waals surface area contributed by atoms with Crippen molar-refractivity contribution in [2.24, 2.45) is 0 Å². The van der Waals surface area contributed by atoms with E-state index in [9.17, 15) is 0 Å². The summed E-state index contributed by atoms with van der Waals surface area (Å²) in [6.07, 6.45) is 0. The fourth-order valence-corrected chi connectivity index (χ4v) is 9.17. The van der Waals surface area contributed by atoms with E-state index in [1.54, 1.807) is 11.3 Å². The van der Waals surface area contributed by atoms with Gasteiger partial charge < -0.3 is 0 Å². The average Bonchev–Trinajstić information content (AvgIpc) is 3.73. The summed E-state index contributed by atoms with van der Waals surface area (Å²) in [5.41, 5.74) is 12.1. The lowest BCUT2D eigenvalue weighted by molar-refractivity contribution is 0.768. The van der Waals surface area contributed by atoms with E-state index in [0.29, 0.717) is 0 Å². The van der Waals surface area contributed by atoms with Gasteiger partial charge in [-0.15, -0.1) is 11.3 Å². The van der Waals surface area contributed by atoms with Crippen LogP contribution < -0.4 is 0 Å². The Bertz CT molecular complexity index is 2610. The lowest BCUT2D eigenvalue weighted by Crippen LogP contribution is -2.28. The van der Waals surface area contributed by atoms with Crippen LogP contribution in [0.1, 0.15) is 22.3 Å². The highest BCUT2D eigenvalue weighted by Gasteiger charge is 2.45. The molecule has 0 spiro atoms. The molecule has 0 amide bonds. The lowest BCUT2D eigenvalue weighted by atomic mass is 9.67. The molecule has 0 aliphatic heterocycles. The standard InChI is InChI=1S/C46H29NS/c1-4-12-32(13-5-1)45-47-42-27-25-31-22-20-30-21-23-33(28-38(30)43(31)44(42)48-45)34-24-26-41-39(29-34)37-18-10-11-19-40(37)46(41,35-14-6-2-7-15-35)36-16-8-3-9-17-36/h1-29H. The zero-order chi connectivity index (χ0) is 31.7. The van der Waals surface area contributed by atoms with Gasteiger partial charge in [-0.1, -0.05) is 158 Å². The van der Waals surface area contributed by atoms with Gasteiger partial charge in [0.15, 0.2) is 0 Å². The third kappa shape index (κ3) is 3.93. The number of aromatic nitrogens is 1. The van der Waals surface area contributed by atoms with Crippen LogP contribution in [-0.4, -0.2) is 4.98 Å². The molecule has 1 heterocycles. The van der Waals surface area contributed by atoms with Crippen LogP contribution in [0.25, 0.3) is 64.6 Å². The van der Waals surface area contributed by atoms with Crippen molar-refractivity contribution in [3.8, 4) is 32.8 Å². The topological polar surface area (TPSA) is 12.9 Å². The van der Waals surface area contributed by atoms with Gasteiger partial charge in [0.25, 0.3) is 0 Å². The Morgan fingerprint density at radius 1 is 0.438 bits per heavy atom. The number of thiazole rings is 1.